The summed E-state index contributed by atoms with van der Waals surface area (Å²) in [6.07, 6.45) is 0.374. The molecule has 8 heteroatoms. The average molecular weight is 481 g/mol. The van der Waals surface area contributed by atoms with Crippen molar-refractivity contribution in [2.75, 3.05) is 20.1 Å². The minimum atomic E-state index is -0.713. The molecule has 2 heterocycles. The number of likely N-dealkylation sites (N-methyl/N-ethyl adjacent to an activating group) is 1. The van der Waals surface area contributed by atoms with Gasteiger partial charge in [0.05, 0.1) is 23.9 Å². The fourth-order valence-electron chi connectivity index (χ4n) is 4.39. The first kappa shape index (κ1) is 23.8. The number of nitrogens with zero attached hydrogens (tertiary/aromatic N) is 2. The second-order valence-electron chi connectivity index (χ2n) is 9.10. The number of amides is 4. The summed E-state index contributed by atoms with van der Waals surface area (Å²) >= 11 is 6.43. The van der Waals surface area contributed by atoms with Gasteiger partial charge in [-0.3, -0.25) is 14.5 Å². The Kier molecular flexibility index (Phi) is 6.93. The molecule has 2 aromatic carbocycles. The van der Waals surface area contributed by atoms with E-state index in [2.05, 4.69) is 10.6 Å². The standard InChI is InChI=1S/C26H29ClN4O3/c1-16(2)14-28-24(32)20(13-17-9-5-4-6-10-17)31-15-21-22(25(31)33)23(29-26(34)30(21)3)18-11-7-8-12-19(18)27/h4-12,16,20,23H,13-15H2,1-3H3,(H,28,32)(H,29,34). The lowest BCUT2D eigenvalue weighted by Crippen LogP contribution is -2.50. The second-order valence-corrected chi connectivity index (χ2v) is 9.51. The molecule has 178 valence electrons. The highest BCUT2D eigenvalue weighted by Crippen LogP contribution is 2.38. The lowest BCUT2D eigenvalue weighted by atomic mass is 9.95. The summed E-state index contributed by atoms with van der Waals surface area (Å²) in [5.41, 5.74) is 2.64. The Morgan fingerprint density at radius 1 is 1.12 bits per heavy atom. The largest absolute Gasteiger partial charge is 0.354 e. The first-order chi connectivity index (χ1) is 16.3. The van der Waals surface area contributed by atoms with E-state index in [9.17, 15) is 14.4 Å². The van der Waals surface area contributed by atoms with Crippen molar-refractivity contribution in [1.82, 2.24) is 20.4 Å². The van der Waals surface area contributed by atoms with E-state index in [1.165, 1.54) is 4.90 Å². The molecule has 0 saturated carbocycles. The Morgan fingerprint density at radius 3 is 2.47 bits per heavy atom. The van der Waals surface area contributed by atoms with E-state index in [1.807, 2.05) is 50.2 Å². The molecule has 0 aliphatic carbocycles. The maximum atomic E-state index is 13.8. The van der Waals surface area contributed by atoms with Gasteiger partial charge >= 0.3 is 6.03 Å². The molecule has 2 aromatic rings. The van der Waals surface area contributed by atoms with E-state index in [0.29, 0.717) is 34.8 Å². The highest BCUT2D eigenvalue weighted by atomic mass is 35.5. The topological polar surface area (TPSA) is 81.8 Å². The van der Waals surface area contributed by atoms with Gasteiger partial charge in [-0.1, -0.05) is 74.0 Å². The van der Waals surface area contributed by atoms with Crippen molar-refractivity contribution in [3.05, 3.63) is 82.0 Å². The molecule has 0 radical (unpaired) electrons. The van der Waals surface area contributed by atoms with Crippen molar-refractivity contribution in [3.63, 3.8) is 0 Å². The molecule has 0 bridgehead atoms. The fourth-order valence-corrected chi connectivity index (χ4v) is 4.63. The summed E-state index contributed by atoms with van der Waals surface area (Å²) in [7, 11) is 1.63. The molecular formula is C26H29ClN4O3. The molecule has 34 heavy (non-hydrogen) atoms. The molecule has 4 rings (SSSR count). The van der Waals surface area contributed by atoms with Crippen molar-refractivity contribution in [2.24, 2.45) is 5.92 Å². The van der Waals surface area contributed by atoms with Gasteiger partial charge in [-0.05, 0) is 23.1 Å². The Balaban J connectivity index is 1.69. The van der Waals surface area contributed by atoms with Gasteiger partial charge in [0, 0.05) is 25.0 Å². The molecule has 2 atom stereocenters. The van der Waals surface area contributed by atoms with Crippen LogP contribution in [0, 0.1) is 5.92 Å². The van der Waals surface area contributed by atoms with Crippen LogP contribution in [0.15, 0.2) is 65.9 Å². The summed E-state index contributed by atoms with van der Waals surface area (Å²) in [6, 6.07) is 15.1. The smallest absolute Gasteiger partial charge is 0.322 e. The van der Waals surface area contributed by atoms with Crippen LogP contribution in [0.3, 0.4) is 0 Å². The number of halogens is 1. The zero-order valence-electron chi connectivity index (χ0n) is 19.5. The van der Waals surface area contributed by atoms with Crippen LogP contribution in [0.25, 0.3) is 0 Å². The third-order valence-corrected chi connectivity index (χ3v) is 6.58. The van der Waals surface area contributed by atoms with Gasteiger partial charge in [-0.15, -0.1) is 0 Å². The third kappa shape index (κ3) is 4.66. The molecule has 2 unspecified atom stereocenters. The van der Waals surface area contributed by atoms with E-state index >= 15 is 0 Å². The monoisotopic (exact) mass is 480 g/mol. The molecule has 2 N–H and O–H groups in total. The molecular weight excluding hydrogens is 452 g/mol. The summed E-state index contributed by atoms with van der Waals surface area (Å²) < 4.78 is 0. The number of hydrogen-bond donors (Lipinski definition) is 2. The maximum absolute atomic E-state index is 13.8. The number of hydrogen-bond acceptors (Lipinski definition) is 3. The van der Waals surface area contributed by atoms with Gasteiger partial charge in [-0.25, -0.2) is 4.79 Å². The quantitative estimate of drug-likeness (QED) is 0.636. The van der Waals surface area contributed by atoms with Crippen LogP contribution in [0.1, 0.15) is 31.0 Å². The van der Waals surface area contributed by atoms with Gasteiger partial charge in [-0.2, -0.15) is 0 Å². The zero-order chi connectivity index (χ0) is 24.4. The highest BCUT2D eigenvalue weighted by molar-refractivity contribution is 6.31. The minimum Gasteiger partial charge on any atom is -0.354 e. The van der Waals surface area contributed by atoms with Gasteiger partial charge in [0.1, 0.15) is 6.04 Å². The average Bonchev–Trinajstić information content (AvgIpc) is 3.16. The summed E-state index contributed by atoms with van der Waals surface area (Å²) in [5, 5.41) is 6.35. The second kappa shape index (κ2) is 9.89. The van der Waals surface area contributed by atoms with Crippen molar-refractivity contribution in [2.45, 2.75) is 32.4 Å². The molecule has 2 aliphatic rings. The van der Waals surface area contributed by atoms with Crippen LogP contribution in [0.4, 0.5) is 4.79 Å². The van der Waals surface area contributed by atoms with Gasteiger partial charge in [0.2, 0.25) is 5.91 Å². The summed E-state index contributed by atoms with van der Waals surface area (Å²) in [5.74, 6) is -0.200. The van der Waals surface area contributed by atoms with Crippen LogP contribution in [0.5, 0.6) is 0 Å². The van der Waals surface area contributed by atoms with E-state index in [-0.39, 0.29) is 30.3 Å². The molecule has 0 aromatic heterocycles. The molecule has 0 spiro atoms. The SMILES string of the molecule is CC(C)CNC(=O)C(Cc1ccccc1)N1CC2=C(C1=O)C(c1ccccc1Cl)NC(=O)N2C. The maximum Gasteiger partial charge on any atom is 0.322 e. The van der Waals surface area contributed by atoms with Crippen molar-refractivity contribution >= 4 is 29.4 Å². The van der Waals surface area contributed by atoms with E-state index in [1.54, 1.807) is 30.1 Å². The van der Waals surface area contributed by atoms with Crippen LogP contribution in [-0.4, -0.2) is 53.8 Å². The van der Waals surface area contributed by atoms with Crippen LogP contribution in [-0.2, 0) is 16.0 Å². The molecule has 4 amide bonds. The summed E-state index contributed by atoms with van der Waals surface area (Å²) in [6.45, 7) is 4.73. The number of carbonyl (C=O) groups is 3. The molecule has 0 fully saturated rings. The lowest BCUT2D eigenvalue weighted by Gasteiger charge is -2.31. The van der Waals surface area contributed by atoms with Crippen LogP contribution in [0.2, 0.25) is 5.02 Å². The van der Waals surface area contributed by atoms with Crippen molar-refractivity contribution in [3.8, 4) is 0 Å². The normalized spacial score (nSPS) is 18.8. The first-order valence-electron chi connectivity index (χ1n) is 11.4. The Morgan fingerprint density at radius 2 is 1.79 bits per heavy atom. The minimum absolute atomic E-state index is 0.172. The summed E-state index contributed by atoms with van der Waals surface area (Å²) in [4.78, 5) is 42.9. The lowest BCUT2D eigenvalue weighted by molar-refractivity contribution is -0.136. The van der Waals surface area contributed by atoms with E-state index < -0.39 is 12.1 Å². The molecule has 0 saturated heterocycles. The third-order valence-electron chi connectivity index (χ3n) is 6.24. The van der Waals surface area contributed by atoms with E-state index in [4.69, 9.17) is 11.6 Å². The number of carbonyl (C=O) groups excluding carboxylic acids is 3. The highest BCUT2D eigenvalue weighted by Gasteiger charge is 2.46. The number of urea groups is 1. The van der Waals surface area contributed by atoms with Crippen LogP contribution < -0.4 is 10.6 Å². The Labute approximate surface area is 204 Å². The van der Waals surface area contributed by atoms with Gasteiger partial charge in [0.25, 0.3) is 5.91 Å². The van der Waals surface area contributed by atoms with Gasteiger partial charge in [0.15, 0.2) is 0 Å². The van der Waals surface area contributed by atoms with Gasteiger partial charge < -0.3 is 15.5 Å². The fraction of sp³-hybridized carbons (Fsp3) is 0.346. The molecule has 2 aliphatic heterocycles. The van der Waals surface area contributed by atoms with Crippen molar-refractivity contribution < 1.29 is 14.4 Å². The number of benzene rings is 2. The van der Waals surface area contributed by atoms with E-state index in [0.717, 1.165) is 5.56 Å². The molecule has 7 nitrogen and oxygen atoms in total. The zero-order valence-corrected chi connectivity index (χ0v) is 20.3. The number of nitrogens with one attached hydrogen (secondary N) is 2. The Bertz CT molecular complexity index is 1130. The van der Waals surface area contributed by atoms with Crippen molar-refractivity contribution in [1.29, 1.82) is 0 Å². The van der Waals surface area contributed by atoms with Crippen LogP contribution >= 0.6 is 11.6 Å². The predicted octanol–water partition coefficient (Wildman–Crippen LogP) is 3.52. The predicted molar refractivity (Wildman–Crippen MR) is 131 cm³/mol. The number of rotatable bonds is 7. The Hall–Kier alpha value is -3.32. The first-order valence-corrected chi connectivity index (χ1v) is 11.8.